The number of amides is 1. The van der Waals surface area contributed by atoms with Crippen molar-refractivity contribution in [1.82, 2.24) is 9.88 Å². The van der Waals surface area contributed by atoms with E-state index in [1.165, 1.54) is 11.5 Å². The van der Waals surface area contributed by atoms with Crippen LogP contribution < -0.4 is 10.1 Å². The number of fused-ring (bicyclic) bond motifs is 1. The van der Waals surface area contributed by atoms with Crippen LogP contribution in [0.2, 0.25) is 0 Å². The molecule has 7 nitrogen and oxygen atoms in total. The van der Waals surface area contributed by atoms with Gasteiger partial charge in [-0.05, 0) is 39.0 Å². The number of alkyl carbamates (subject to hydrolysis) is 1. The van der Waals surface area contributed by atoms with Gasteiger partial charge in [0, 0.05) is 24.1 Å². The number of rotatable bonds is 4. The molecule has 7 heteroatoms. The average molecular weight is 348 g/mol. The highest BCUT2D eigenvalue weighted by molar-refractivity contribution is 5.94. The molecule has 0 aliphatic heterocycles. The number of methoxy groups -OCH3 is 1. The van der Waals surface area contributed by atoms with Crippen molar-refractivity contribution in [3.05, 3.63) is 30.0 Å². The Morgan fingerprint density at radius 2 is 2.00 bits per heavy atom. The van der Waals surface area contributed by atoms with Crippen LogP contribution in [0.15, 0.2) is 24.4 Å². The number of hydrogen-bond donors (Lipinski definition) is 2. The number of aliphatic hydroxyl groups is 1. The lowest BCUT2D eigenvalue weighted by Crippen LogP contribution is -2.36. The largest absolute Gasteiger partial charge is 0.497 e. The van der Waals surface area contributed by atoms with Gasteiger partial charge < -0.3 is 19.9 Å². The Labute approximate surface area is 146 Å². The third kappa shape index (κ3) is 4.30. The van der Waals surface area contributed by atoms with Gasteiger partial charge in [-0.1, -0.05) is 0 Å². The van der Waals surface area contributed by atoms with E-state index >= 15 is 0 Å². The molecule has 1 atom stereocenters. The second-order valence-corrected chi connectivity index (χ2v) is 6.74. The van der Waals surface area contributed by atoms with Crippen LogP contribution in [-0.4, -0.2) is 41.0 Å². The van der Waals surface area contributed by atoms with E-state index in [1.807, 2.05) is 0 Å². The summed E-state index contributed by atoms with van der Waals surface area (Å²) >= 11 is 0. The summed E-state index contributed by atoms with van der Waals surface area (Å²) in [6.07, 6.45) is 0.975. The predicted octanol–water partition coefficient (Wildman–Crippen LogP) is 2.87. The highest BCUT2D eigenvalue weighted by Gasteiger charge is 2.24. The third-order valence-corrected chi connectivity index (χ3v) is 3.63. The highest BCUT2D eigenvalue weighted by atomic mass is 16.6. The fourth-order valence-corrected chi connectivity index (χ4v) is 2.57. The molecule has 0 bridgehead atoms. The monoisotopic (exact) mass is 348 g/mol. The molecule has 0 unspecified atom stereocenters. The first-order valence-corrected chi connectivity index (χ1v) is 7.96. The standard InChI is InChI=1S/C18H24N2O5/c1-11(22)20-9-14(13-8-12(24-5)6-7-16(13)20)15(10-21)19-17(23)25-18(2,3)4/h6-9,15,21H,10H2,1-5H3,(H,19,23)/t15-/m1/s1. The van der Waals surface area contributed by atoms with Gasteiger partial charge in [-0.25, -0.2) is 4.79 Å². The van der Waals surface area contributed by atoms with Crippen molar-refractivity contribution in [1.29, 1.82) is 0 Å². The van der Waals surface area contributed by atoms with Crippen molar-refractivity contribution in [2.75, 3.05) is 13.7 Å². The van der Waals surface area contributed by atoms with Crippen molar-refractivity contribution >= 4 is 22.9 Å². The second kappa shape index (κ2) is 7.14. The quantitative estimate of drug-likeness (QED) is 0.887. The Balaban J connectivity index is 2.45. The molecule has 1 aromatic heterocycles. The predicted molar refractivity (Wildman–Crippen MR) is 94.0 cm³/mol. The summed E-state index contributed by atoms with van der Waals surface area (Å²) in [5.41, 5.74) is 0.631. The number of ether oxygens (including phenoxy) is 2. The maximum Gasteiger partial charge on any atom is 0.408 e. The SMILES string of the molecule is COc1ccc2c(c1)c([C@@H](CO)NC(=O)OC(C)(C)C)cn2C(C)=O. The highest BCUT2D eigenvalue weighted by Crippen LogP contribution is 2.30. The van der Waals surface area contributed by atoms with Crippen LogP contribution in [0.25, 0.3) is 10.9 Å². The van der Waals surface area contributed by atoms with Crippen LogP contribution in [0.1, 0.15) is 44.1 Å². The zero-order valence-corrected chi connectivity index (χ0v) is 15.1. The first-order valence-electron chi connectivity index (χ1n) is 7.96. The zero-order valence-electron chi connectivity index (χ0n) is 15.1. The van der Waals surface area contributed by atoms with E-state index in [-0.39, 0.29) is 12.5 Å². The molecule has 0 saturated carbocycles. The summed E-state index contributed by atoms with van der Waals surface area (Å²) < 4.78 is 12.0. The molecule has 1 aromatic carbocycles. The Bertz CT molecular complexity index is 789. The summed E-state index contributed by atoms with van der Waals surface area (Å²) in [6.45, 7) is 6.38. The molecule has 0 saturated heterocycles. The molecule has 0 spiro atoms. The summed E-state index contributed by atoms with van der Waals surface area (Å²) in [7, 11) is 1.55. The van der Waals surface area contributed by atoms with Crippen molar-refractivity contribution < 1.29 is 24.2 Å². The van der Waals surface area contributed by atoms with Crippen molar-refractivity contribution in [3.63, 3.8) is 0 Å². The normalized spacial score (nSPS) is 12.7. The van der Waals surface area contributed by atoms with Gasteiger partial charge in [-0.15, -0.1) is 0 Å². The summed E-state index contributed by atoms with van der Waals surface area (Å²) in [5, 5.41) is 13.1. The van der Waals surface area contributed by atoms with Gasteiger partial charge in [0.15, 0.2) is 0 Å². The van der Waals surface area contributed by atoms with E-state index < -0.39 is 17.7 Å². The Morgan fingerprint density at radius 3 is 2.52 bits per heavy atom. The minimum Gasteiger partial charge on any atom is -0.497 e. The third-order valence-electron chi connectivity index (χ3n) is 3.63. The van der Waals surface area contributed by atoms with E-state index in [9.17, 15) is 14.7 Å². The number of aliphatic hydroxyl groups excluding tert-OH is 1. The van der Waals surface area contributed by atoms with Crippen LogP contribution in [-0.2, 0) is 4.74 Å². The summed E-state index contributed by atoms with van der Waals surface area (Å²) in [6, 6.07) is 4.57. The number of aromatic nitrogens is 1. The second-order valence-electron chi connectivity index (χ2n) is 6.74. The summed E-state index contributed by atoms with van der Waals surface area (Å²) in [4.78, 5) is 24.0. The zero-order chi connectivity index (χ0) is 18.8. The molecule has 25 heavy (non-hydrogen) atoms. The number of nitrogens with zero attached hydrogens (tertiary/aromatic N) is 1. The average Bonchev–Trinajstić information content (AvgIpc) is 2.89. The van der Waals surface area contributed by atoms with E-state index in [0.29, 0.717) is 22.2 Å². The minimum atomic E-state index is -0.718. The fraction of sp³-hybridized carbons (Fsp3) is 0.444. The molecular formula is C18H24N2O5. The number of hydrogen-bond acceptors (Lipinski definition) is 5. The first-order chi connectivity index (χ1) is 11.7. The van der Waals surface area contributed by atoms with Crippen LogP contribution in [0, 0.1) is 0 Å². The molecule has 2 aromatic rings. The number of nitrogens with one attached hydrogen (secondary N) is 1. The Kier molecular flexibility index (Phi) is 5.37. The molecule has 0 radical (unpaired) electrons. The van der Waals surface area contributed by atoms with Crippen molar-refractivity contribution in [3.8, 4) is 5.75 Å². The van der Waals surface area contributed by atoms with Gasteiger partial charge in [-0.3, -0.25) is 9.36 Å². The lowest BCUT2D eigenvalue weighted by atomic mass is 10.1. The van der Waals surface area contributed by atoms with Gasteiger partial charge in [0.05, 0.1) is 25.3 Å². The van der Waals surface area contributed by atoms with Crippen LogP contribution in [0.5, 0.6) is 5.75 Å². The van der Waals surface area contributed by atoms with Gasteiger partial charge in [0.1, 0.15) is 11.4 Å². The van der Waals surface area contributed by atoms with E-state index in [0.717, 1.165) is 0 Å². The van der Waals surface area contributed by atoms with E-state index in [1.54, 1.807) is 52.3 Å². The molecule has 0 aliphatic carbocycles. The summed E-state index contributed by atoms with van der Waals surface area (Å²) in [5.74, 6) is 0.444. The Morgan fingerprint density at radius 1 is 1.32 bits per heavy atom. The number of carbonyl (C=O) groups excluding carboxylic acids is 2. The lowest BCUT2D eigenvalue weighted by molar-refractivity contribution is 0.0482. The fourth-order valence-electron chi connectivity index (χ4n) is 2.57. The molecule has 1 heterocycles. The van der Waals surface area contributed by atoms with E-state index in [2.05, 4.69) is 5.32 Å². The van der Waals surface area contributed by atoms with Crippen LogP contribution >= 0.6 is 0 Å². The maximum atomic E-state index is 12.1. The Hall–Kier alpha value is -2.54. The van der Waals surface area contributed by atoms with Crippen molar-refractivity contribution in [2.45, 2.75) is 39.3 Å². The number of benzene rings is 1. The van der Waals surface area contributed by atoms with Gasteiger partial charge in [-0.2, -0.15) is 0 Å². The lowest BCUT2D eigenvalue weighted by Gasteiger charge is -2.22. The number of carbonyl (C=O) groups is 2. The van der Waals surface area contributed by atoms with Gasteiger partial charge >= 0.3 is 6.09 Å². The molecule has 136 valence electrons. The van der Waals surface area contributed by atoms with Crippen LogP contribution in [0.3, 0.4) is 0 Å². The van der Waals surface area contributed by atoms with Crippen LogP contribution in [0.4, 0.5) is 4.79 Å². The molecule has 2 rings (SSSR count). The van der Waals surface area contributed by atoms with E-state index in [4.69, 9.17) is 9.47 Å². The minimum absolute atomic E-state index is 0.171. The maximum absolute atomic E-state index is 12.1. The smallest absolute Gasteiger partial charge is 0.408 e. The topological polar surface area (TPSA) is 89.8 Å². The van der Waals surface area contributed by atoms with Crippen molar-refractivity contribution in [2.24, 2.45) is 0 Å². The first kappa shape index (κ1) is 18.8. The molecular weight excluding hydrogens is 324 g/mol. The molecule has 2 N–H and O–H groups in total. The van der Waals surface area contributed by atoms with Gasteiger partial charge in [0.2, 0.25) is 5.91 Å². The molecule has 0 aliphatic rings. The molecule has 1 amide bonds. The van der Waals surface area contributed by atoms with Gasteiger partial charge in [0.25, 0.3) is 0 Å². The molecule has 0 fully saturated rings.